The van der Waals surface area contributed by atoms with E-state index in [-0.39, 0.29) is 17.8 Å². The summed E-state index contributed by atoms with van der Waals surface area (Å²) in [5.74, 6) is 0.959. The van der Waals surface area contributed by atoms with E-state index < -0.39 is 0 Å². The minimum absolute atomic E-state index is 0.153. The Bertz CT molecular complexity index is 171. The SMILES string of the molecule is CC(CO)SCCC(=O)NC1CC1. The Labute approximate surface area is 83.3 Å². The molecule has 0 aromatic heterocycles. The number of carbonyl (C=O) groups excluding carboxylic acids is 1. The minimum Gasteiger partial charge on any atom is -0.395 e. The molecule has 1 unspecified atom stereocenters. The second-order valence-electron chi connectivity index (χ2n) is 3.46. The number of hydrogen-bond donors (Lipinski definition) is 2. The van der Waals surface area contributed by atoms with Gasteiger partial charge in [0.1, 0.15) is 0 Å². The van der Waals surface area contributed by atoms with E-state index >= 15 is 0 Å². The molecule has 0 aromatic carbocycles. The van der Waals surface area contributed by atoms with Gasteiger partial charge >= 0.3 is 0 Å². The molecule has 4 heteroatoms. The number of hydrogen-bond acceptors (Lipinski definition) is 3. The summed E-state index contributed by atoms with van der Waals surface area (Å²) < 4.78 is 0. The first-order valence-corrected chi connectivity index (χ1v) is 5.79. The van der Waals surface area contributed by atoms with Crippen LogP contribution < -0.4 is 5.32 Å². The first kappa shape index (κ1) is 10.9. The maximum Gasteiger partial charge on any atom is 0.221 e. The van der Waals surface area contributed by atoms with Gasteiger partial charge in [0.05, 0.1) is 6.61 Å². The van der Waals surface area contributed by atoms with Gasteiger partial charge in [-0.05, 0) is 12.8 Å². The molecule has 3 nitrogen and oxygen atoms in total. The molecular weight excluding hydrogens is 186 g/mol. The molecular formula is C9H17NO2S. The van der Waals surface area contributed by atoms with Gasteiger partial charge in [0.2, 0.25) is 5.91 Å². The van der Waals surface area contributed by atoms with Crippen molar-refractivity contribution in [2.24, 2.45) is 0 Å². The van der Waals surface area contributed by atoms with Gasteiger partial charge in [-0.1, -0.05) is 6.92 Å². The molecule has 1 aliphatic carbocycles. The van der Waals surface area contributed by atoms with Crippen molar-refractivity contribution in [3.63, 3.8) is 0 Å². The summed E-state index contributed by atoms with van der Waals surface area (Å²) in [6.45, 7) is 2.15. The third-order valence-corrected chi connectivity index (χ3v) is 3.09. The van der Waals surface area contributed by atoms with E-state index in [9.17, 15) is 4.79 Å². The van der Waals surface area contributed by atoms with Crippen LogP contribution in [0.15, 0.2) is 0 Å². The smallest absolute Gasteiger partial charge is 0.221 e. The maximum atomic E-state index is 11.2. The van der Waals surface area contributed by atoms with Crippen LogP contribution in [-0.4, -0.2) is 34.7 Å². The molecule has 1 rings (SSSR count). The van der Waals surface area contributed by atoms with Crippen LogP contribution in [0.5, 0.6) is 0 Å². The summed E-state index contributed by atoms with van der Waals surface area (Å²) >= 11 is 1.64. The van der Waals surface area contributed by atoms with Crippen molar-refractivity contribution in [3.8, 4) is 0 Å². The molecule has 13 heavy (non-hydrogen) atoms. The van der Waals surface area contributed by atoms with Crippen LogP contribution in [0.1, 0.15) is 26.2 Å². The number of aliphatic hydroxyl groups is 1. The van der Waals surface area contributed by atoms with Crippen molar-refractivity contribution in [1.82, 2.24) is 5.32 Å². The van der Waals surface area contributed by atoms with Crippen LogP contribution in [0.2, 0.25) is 0 Å². The summed E-state index contributed by atoms with van der Waals surface area (Å²) in [6.07, 6.45) is 2.86. The molecule has 0 radical (unpaired) electrons. The van der Waals surface area contributed by atoms with Crippen LogP contribution in [0.3, 0.4) is 0 Å². The van der Waals surface area contributed by atoms with E-state index in [2.05, 4.69) is 5.32 Å². The fourth-order valence-corrected chi connectivity index (χ4v) is 1.74. The van der Waals surface area contributed by atoms with Gasteiger partial charge in [-0.2, -0.15) is 11.8 Å². The third-order valence-electron chi connectivity index (χ3n) is 1.93. The molecule has 76 valence electrons. The number of thioether (sulfide) groups is 1. The molecule has 2 N–H and O–H groups in total. The molecule has 0 aromatic rings. The molecule has 0 aliphatic heterocycles. The highest BCUT2D eigenvalue weighted by Crippen LogP contribution is 2.19. The van der Waals surface area contributed by atoms with Crippen molar-refractivity contribution >= 4 is 17.7 Å². The Kier molecular flexibility index (Phi) is 4.59. The van der Waals surface area contributed by atoms with Gasteiger partial charge in [-0.3, -0.25) is 4.79 Å². The average Bonchev–Trinajstić information content (AvgIpc) is 2.88. The van der Waals surface area contributed by atoms with Crippen molar-refractivity contribution in [1.29, 1.82) is 0 Å². The van der Waals surface area contributed by atoms with Crippen LogP contribution in [0.4, 0.5) is 0 Å². The summed E-state index contributed by atoms with van der Waals surface area (Å²) in [5.41, 5.74) is 0. The van der Waals surface area contributed by atoms with Crippen LogP contribution >= 0.6 is 11.8 Å². The van der Waals surface area contributed by atoms with Crippen LogP contribution in [0, 0.1) is 0 Å². The van der Waals surface area contributed by atoms with Gasteiger partial charge in [0.15, 0.2) is 0 Å². The average molecular weight is 203 g/mol. The van der Waals surface area contributed by atoms with Gasteiger partial charge in [0.25, 0.3) is 0 Å². The van der Waals surface area contributed by atoms with E-state index in [0.29, 0.717) is 12.5 Å². The summed E-state index contributed by atoms with van der Waals surface area (Å²) in [4.78, 5) is 11.2. The van der Waals surface area contributed by atoms with Crippen molar-refractivity contribution < 1.29 is 9.90 Å². The lowest BCUT2D eigenvalue weighted by atomic mass is 10.4. The molecule has 0 heterocycles. The zero-order valence-electron chi connectivity index (χ0n) is 7.95. The monoisotopic (exact) mass is 203 g/mol. The fourth-order valence-electron chi connectivity index (χ4n) is 0.933. The van der Waals surface area contributed by atoms with Crippen LogP contribution in [0.25, 0.3) is 0 Å². The third kappa shape index (κ3) is 5.16. The maximum absolute atomic E-state index is 11.2. The molecule has 1 saturated carbocycles. The summed E-state index contributed by atoms with van der Waals surface area (Å²) in [7, 11) is 0. The zero-order chi connectivity index (χ0) is 9.68. The first-order valence-electron chi connectivity index (χ1n) is 4.74. The van der Waals surface area contributed by atoms with Crippen molar-refractivity contribution in [2.45, 2.75) is 37.5 Å². The number of nitrogens with one attached hydrogen (secondary N) is 1. The summed E-state index contributed by atoms with van der Waals surface area (Å²) in [6, 6.07) is 0.466. The minimum atomic E-state index is 0.153. The zero-order valence-corrected chi connectivity index (χ0v) is 8.77. The fraction of sp³-hybridized carbons (Fsp3) is 0.889. The number of aliphatic hydroxyl groups excluding tert-OH is 1. The standard InChI is InChI=1S/C9H17NO2S/c1-7(6-11)13-5-4-9(12)10-8-2-3-8/h7-8,11H,2-6H2,1H3,(H,10,12). The van der Waals surface area contributed by atoms with E-state index in [1.54, 1.807) is 11.8 Å². The van der Waals surface area contributed by atoms with Crippen molar-refractivity contribution in [3.05, 3.63) is 0 Å². The van der Waals surface area contributed by atoms with Gasteiger partial charge in [-0.15, -0.1) is 0 Å². The van der Waals surface area contributed by atoms with E-state index in [1.165, 1.54) is 0 Å². The molecule has 0 saturated heterocycles. The highest BCUT2D eigenvalue weighted by molar-refractivity contribution is 7.99. The second kappa shape index (κ2) is 5.50. The molecule has 1 atom stereocenters. The Balaban J connectivity index is 1.94. The Hall–Kier alpha value is -0.220. The van der Waals surface area contributed by atoms with Gasteiger partial charge in [-0.25, -0.2) is 0 Å². The Morgan fingerprint density at radius 1 is 1.69 bits per heavy atom. The number of rotatable bonds is 6. The molecule has 1 amide bonds. The lowest BCUT2D eigenvalue weighted by Crippen LogP contribution is -2.25. The molecule has 1 aliphatic rings. The van der Waals surface area contributed by atoms with E-state index in [1.807, 2.05) is 6.92 Å². The van der Waals surface area contributed by atoms with Gasteiger partial charge in [0, 0.05) is 23.5 Å². The molecule has 0 bridgehead atoms. The van der Waals surface area contributed by atoms with E-state index in [0.717, 1.165) is 18.6 Å². The highest BCUT2D eigenvalue weighted by atomic mass is 32.2. The Morgan fingerprint density at radius 3 is 2.92 bits per heavy atom. The number of carbonyl (C=O) groups is 1. The predicted molar refractivity (Wildman–Crippen MR) is 54.8 cm³/mol. The first-order chi connectivity index (χ1) is 6.22. The Morgan fingerprint density at radius 2 is 2.38 bits per heavy atom. The lowest BCUT2D eigenvalue weighted by Gasteiger charge is -2.07. The largest absolute Gasteiger partial charge is 0.395 e. The normalized spacial score (nSPS) is 18.3. The number of amides is 1. The highest BCUT2D eigenvalue weighted by Gasteiger charge is 2.22. The topological polar surface area (TPSA) is 49.3 Å². The summed E-state index contributed by atoms with van der Waals surface area (Å²) in [5, 5.41) is 11.9. The predicted octanol–water partition coefficient (Wildman–Crippen LogP) is 0.769. The molecule has 0 spiro atoms. The van der Waals surface area contributed by atoms with Gasteiger partial charge < -0.3 is 10.4 Å². The van der Waals surface area contributed by atoms with E-state index in [4.69, 9.17) is 5.11 Å². The second-order valence-corrected chi connectivity index (χ2v) is 5.00. The lowest BCUT2D eigenvalue weighted by molar-refractivity contribution is -0.120. The van der Waals surface area contributed by atoms with Crippen molar-refractivity contribution in [2.75, 3.05) is 12.4 Å². The molecule has 1 fully saturated rings. The van der Waals surface area contributed by atoms with Crippen LogP contribution in [-0.2, 0) is 4.79 Å². The quantitative estimate of drug-likeness (QED) is 0.670.